The molecule has 1 aromatic carbocycles. The molecule has 0 aliphatic carbocycles. The first-order chi connectivity index (χ1) is 7.26. The molecule has 84 valence electrons. The van der Waals surface area contributed by atoms with Crippen LogP contribution in [0.5, 0.6) is 5.75 Å². The highest BCUT2D eigenvalue weighted by Crippen LogP contribution is 2.12. The van der Waals surface area contributed by atoms with Gasteiger partial charge in [0.15, 0.2) is 0 Å². The van der Waals surface area contributed by atoms with Crippen LogP contribution >= 0.6 is 0 Å². The standard InChI is InChI=1S/C12H18O3/c1-10(7-8-13)15-9-11-3-5-12(14-2)6-4-11/h3-6,10,13H,7-9H2,1-2H3. The molecule has 1 N–H and O–H groups in total. The van der Waals surface area contributed by atoms with Crippen LogP contribution in [0.3, 0.4) is 0 Å². The maximum Gasteiger partial charge on any atom is 0.118 e. The van der Waals surface area contributed by atoms with E-state index in [-0.39, 0.29) is 12.7 Å². The van der Waals surface area contributed by atoms with E-state index < -0.39 is 0 Å². The Balaban J connectivity index is 2.37. The molecule has 0 saturated carbocycles. The van der Waals surface area contributed by atoms with E-state index in [1.807, 2.05) is 31.2 Å². The van der Waals surface area contributed by atoms with Gasteiger partial charge in [-0.1, -0.05) is 12.1 Å². The Morgan fingerprint density at radius 2 is 1.93 bits per heavy atom. The number of hydrogen-bond donors (Lipinski definition) is 1. The van der Waals surface area contributed by atoms with Gasteiger partial charge in [-0.15, -0.1) is 0 Å². The molecule has 0 saturated heterocycles. The summed E-state index contributed by atoms with van der Waals surface area (Å²) >= 11 is 0. The monoisotopic (exact) mass is 210 g/mol. The molecule has 0 aliphatic heterocycles. The fourth-order valence-corrected chi connectivity index (χ4v) is 1.23. The molecule has 0 spiro atoms. The van der Waals surface area contributed by atoms with Gasteiger partial charge in [-0.2, -0.15) is 0 Å². The molecule has 3 heteroatoms. The van der Waals surface area contributed by atoms with Crippen molar-refractivity contribution in [1.82, 2.24) is 0 Å². The van der Waals surface area contributed by atoms with Gasteiger partial charge in [-0.25, -0.2) is 0 Å². The van der Waals surface area contributed by atoms with Crippen LogP contribution in [0.25, 0.3) is 0 Å². The number of benzene rings is 1. The van der Waals surface area contributed by atoms with E-state index >= 15 is 0 Å². The van der Waals surface area contributed by atoms with Crippen molar-refractivity contribution in [3.8, 4) is 5.75 Å². The fraction of sp³-hybridized carbons (Fsp3) is 0.500. The summed E-state index contributed by atoms with van der Waals surface area (Å²) in [4.78, 5) is 0. The predicted octanol–water partition coefficient (Wildman–Crippen LogP) is 1.98. The maximum atomic E-state index is 8.71. The Bertz CT molecular complexity index is 269. The molecular weight excluding hydrogens is 192 g/mol. The molecule has 1 aromatic rings. The van der Waals surface area contributed by atoms with Gasteiger partial charge in [-0.3, -0.25) is 0 Å². The minimum Gasteiger partial charge on any atom is -0.497 e. The third kappa shape index (κ3) is 4.32. The molecule has 0 aromatic heterocycles. The van der Waals surface area contributed by atoms with Gasteiger partial charge >= 0.3 is 0 Å². The molecular formula is C12H18O3. The molecule has 1 rings (SSSR count). The normalized spacial score (nSPS) is 12.5. The molecule has 3 nitrogen and oxygen atoms in total. The van der Waals surface area contributed by atoms with Crippen molar-refractivity contribution in [1.29, 1.82) is 0 Å². The van der Waals surface area contributed by atoms with Gasteiger partial charge in [0.25, 0.3) is 0 Å². The minimum atomic E-state index is 0.0945. The molecule has 0 amide bonds. The molecule has 15 heavy (non-hydrogen) atoms. The van der Waals surface area contributed by atoms with Gasteiger partial charge in [0, 0.05) is 6.61 Å². The molecule has 1 atom stereocenters. The highest BCUT2D eigenvalue weighted by molar-refractivity contribution is 5.26. The Labute approximate surface area is 90.6 Å². The highest BCUT2D eigenvalue weighted by Gasteiger charge is 2.01. The van der Waals surface area contributed by atoms with Crippen molar-refractivity contribution in [2.75, 3.05) is 13.7 Å². The quantitative estimate of drug-likeness (QED) is 0.780. The number of rotatable bonds is 6. The van der Waals surface area contributed by atoms with Gasteiger partial charge in [0.1, 0.15) is 5.75 Å². The van der Waals surface area contributed by atoms with E-state index in [1.165, 1.54) is 0 Å². The van der Waals surface area contributed by atoms with Crippen LogP contribution in [-0.2, 0) is 11.3 Å². The summed E-state index contributed by atoms with van der Waals surface area (Å²) in [5, 5.41) is 8.71. The van der Waals surface area contributed by atoms with E-state index in [0.29, 0.717) is 13.0 Å². The Morgan fingerprint density at radius 3 is 2.47 bits per heavy atom. The van der Waals surface area contributed by atoms with Crippen LogP contribution < -0.4 is 4.74 Å². The zero-order valence-corrected chi connectivity index (χ0v) is 9.27. The van der Waals surface area contributed by atoms with E-state index in [9.17, 15) is 0 Å². The molecule has 0 fully saturated rings. The van der Waals surface area contributed by atoms with Gasteiger partial charge in [-0.05, 0) is 31.0 Å². The summed E-state index contributed by atoms with van der Waals surface area (Å²) < 4.78 is 10.6. The number of methoxy groups -OCH3 is 1. The second kappa shape index (κ2) is 6.43. The number of ether oxygens (including phenoxy) is 2. The zero-order valence-electron chi connectivity index (χ0n) is 9.27. The maximum absolute atomic E-state index is 8.71. The summed E-state index contributed by atoms with van der Waals surface area (Å²) in [5.41, 5.74) is 1.11. The summed E-state index contributed by atoms with van der Waals surface area (Å²) in [7, 11) is 1.65. The van der Waals surface area contributed by atoms with Crippen LogP contribution in [0.15, 0.2) is 24.3 Å². The lowest BCUT2D eigenvalue weighted by atomic mass is 10.2. The first kappa shape index (κ1) is 12.0. The number of hydrogen-bond acceptors (Lipinski definition) is 3. The third-order valence-corrected chi connectivity index (χ3v) is 2.23. The van der Waals surface area contributed by atoms with Crippen LogP contribution in [0.1, 0.15) is 18.9 Å². The molecule has 0 aliphatic rings. The Hall–Kier alpha value is -1.06. The van der Waals surface area contributed by atoms with Gasteiger partial charge < -0.3 is 14.6 Å². The largest absolute Gasteiger partial charge is 0.497 e. The molecule has 0 heterocycles. The number of aliphatic hydroxyl groups is 1. The van der Waals surface area contributed by atoms with E-state index in [0.717, 1.165) is 11.3 Å². The van der Waals surface area contributed by atoms with Gasteiger partial charge in [0.2, 0.25) is 0 Å². The summed E-state index contributed by atoms with van der Waals surface area (Å²) in [5.74, 6) is 0.849. The second-order valence-corrected chi connectivity index (χ2v) is 3.48. The van der Waals surface area contributed by atoms with Gasteiger partial charge in [0.05, 0.1) is 19.8 Å². The third-order valence-electron chi connectivity index (χ3n) is 2.23. The average Bonchev–Trinajstić information content (AvgIpc) is 2.27. The van der Waals surface area contributed by atoms with E-state index in [2.05, 4.69) is 0 Å². The van der Waals surface area contributed by atoms with Crippen molar-refractivity contribution < 1.29 is 14.6 Å². The van der Waals surface area contributed by atoms with Crippen molar-refractivity contribution in [2.45, 2.75) is 26.1 Å². The predicted molar refractivity (Wildman–Crippen MR) is 58.9 cm³/mol. The fourth-order valence-electron chi connectivity index (χ4n) is 1.23. The van der Waals surface area contributed by atoms with Crippen molar-refractivity contribution >= 4 is 0 Å². The van der Waals surface area contributed by atoms with E-state index in [1.54, 1.807) is 7.11 Å². The molecule has 1 unspecified atom stereocenters. The average molecular weight is 210 g/mol. The molecule has 0 bridgehead atoms. The van der Waals surface area contributed by atoms with Crippen LogP contribution in [0.4, 0.5) is 0 Å². The number of aliphatic hydroxyl groups excluding tert-OH is 1. The van der Waals surface area contributed by atoms with Crippen molar-refractivity contribution in [3.63, 3.8) is 0 Å². The summed E-state index contributed by atoms with van der Waals surface area (Å²) in [6.07, 6.45) is 0.771. The van der Waals surface area contributed by atoms with Crippen molar-refractivity contribution in [2.24, 2.45) is 0 Å². The topological polar surface area (TPSA) is 38.7 Å². The second-order valence-electron chi connectivity index (χ2n) is 3.48. The lowest BCUT2D eigenvalue weighted by molar-refractivity contribution is 0.0363. The molecule has 0 radical (unpaired) electrons. The first-order valence-electron chi connectivity index (χ1n) is 5.11. The van der Waals surface area contributed by atoms with Crippen molar-refractivity contribution in [3.05, 3.63) is 29.8 Å². The zero-order chi connectivity index (χ0) is 11.1. The smallest absolute Gasteiger partial charge is 0.118 e. The summed E-state index contributed by atoms with van der Waals surface area (Å²) in [6.45, 7) is 2.70. The minimum absolute atomic E-state index is 0.0945. The lowest BCUT2D eigenvalue weighted by Gasteiger charge is -2.11. The Kier molecular flexibility index (Phi) is 5.15. The lowest BCUT2D eigenvalue weighted by Crippen LogP contribution is -2.09. The van der Waals surface area contributed by atoms with Crippen LogP contribution in [0.2, 0.25) is 0 Å². The SMILES string of the molecule is COc1ccc(COC(C)CCO)cc1. The van der Waals surface area contributed by atoms with E-state index in [4.69, 9.17) is 14.6 Å². The van der Waals surface area contributed by atoms with Crippen LogP contribution in [-0.4, -0.2) is 24.9 Å². The first-order valence-corrected chi connectivity index (χ1v) is 5.11. The van der Waals surface area contributed by atoms with Crippen LogP contribution in [0, 0.1) is 0 Å². The highest BCUT2D eigenvalue weighted by atomic mass is 16.5. The Morgan fingerprint density at radius 1 is 1.27 bits per heavy atom. The summed E-state index contributed by atoms with van der Waals surface area (Å²) in [6, 6.07) is 7.78.